The van der Waals surface area contributed by atoms with Crippen molar-refractivity contribution >= 4 is 23.2 Å². The lowest BCUT2D eigenvalue weighted by molar-refractivity contribution is 0.337. The van der Waals surface area contributed by atoms with E-state index in [2.05, 4.69) is 91.0 Å². The van der Waals surface area contributed by atoms with Crippen LogP contribution in [0, 0.1) is 5.92 Å². The predicted molar refractivity (Wildman–Crippen MR) is 126 cm³/mol. The van der Waals surface area contributed by atoms with Crippen LogP contribution >= 0.6 is 7.26 Å². The molecule has 0 aliphatic heterocycles. The van der Waals surface area contributed by atoms with Crippen molar-refractivity contribution in [1.29, 1.82) is 0 Å². The van der Waals surface area contributed by atoms with E-state index in [-0.39, 0.29) is 0 Å². The Hall–Kier alpha value is -1.91. The maximum atomic E-state index is 2.37. The summed E-state index contributed by atoms with van der Waals surface area (Å²) >= 11 is 0. The molecule has 1 saturated carbocycles. The molecule has 0 heterocycles. The summed E-state index contributed by atoms with van der Waals surface area (Å²) in [6, 6.07) is 34.0. The van der Waals surface area contributed by atoms with E-state index < -0.39 is 7.26 Å². The zero-order valence-electron chi connectivity index (χ0n) is 16.8. The summed E-state index contributed by atoms with van der Waals surface area (Å²) in [7, 11) is -1.62. The van der Waals surface area contributed by atoms with Crippen LogP contribution in [0.4, 0.5) is 0 Å². The van der Waals surface area contributed by atoms with Crippen molar-refractivity contribution < 1.29 is 0 Å². The van der Waals surface area contributed by atoms with Gasteiger partial charge in [0, 0.05) is 0 Å². The van der Waals surface area contributed by atoms with E-state index in [4.69, 9.17) is 0 Å². The monoisotopic (exact) mass is 387 g/mol. The predicted octanol–water partition coefficient (Wildman–Crippen LogP) is 6.34. The highest BCUT2D eigenvalue weighted by Gasteiger charge is 2.44. The molecule has 0 saturated heterocycles. The van der Waals surface area contributed by atoms with Crippen LogP contribution in [0.5, 0.6) is 0 Å². The van der Waals surface area contributed by atoms with E-state index >= 15 is 0 Å². The quantitative estimate of drug-likeness (QED) is 0.415. The highest BCUT2D eigenvalue weighted by atomic mass is 31.2. The minimum atomic E-state index is -1.62. The number of hydrogen-bond donors (Lipinski definition) is 0. The number of hydrogen-bond acceptors (Lipinski definition) is 0. The van der Waals surface area contributed by atoms with Crippen molar-refractivity contribution in [2.75, 3.05) is 6.16 Å². The Balaban J connectivity index is 1.72. The van der Waals surface area contributed by atoms with Crippen LogP contribution < -0.4 is 15.9 Å². The van der Waals surface area contributed by atoms with Crippen molar-refractivity contribution in [2.45, 2.75) is 44.9 Å². The van der Waals surface area contributed by atoms with Crippen molar-refractivity contribution in [2.24, 2.45) is 5.92 Å². The maximum absolute atomic E-state index is 2.37. The molecule has 28 heavy (non-hydrogen) atoms. The Kier molecular flexibility index (Phi) is 6.61. The lowest BCUT2D eigenvalue weighted by atomic mass is 9.86. The standard InChI is InChI=1S/C27H32P/c1-5-14-24(15-6-1)16-13-23-28(25-17-7-2-8-18-25,26-19-9-3-10-20-26)27-21-11-4-12-22-27/h2-4,7-12,17-22,24H,1,5-6,13-16,23H2/q+1. The first-order chi connectivity index (χ1) is 13.9. The Morgan fingerprint density at radius 3 is 1.43 bits per heavy atom. The topological polar surface area (TPSA) is 0 Å². The summed E-state index contributed by atoms with van der Waals surface area (Å²) in [6.07, 6.45) is 11.3. The van der Waals surface area contributed by atoms with Gasteiger partial charge in [-0.2, -0.15) is 0 Å². The average Bonchev–Trinajstić information content (AvgIpc) is 2.79. The smallest absolute Gasteiger partial charge is 0.0620 e. The first-order valence-corrected chi connectivity index (χ1v) is 12.9. The lowest BCUT2D eigenvalue weighted by Gasteiger charge is -2.29. The van der Waals surface area contributed by atoms with Gasteiger partial charge in [0.2, 0.25) is 0 Å². The lowest BCUT2D eigenvalue weighted by Crippen LogP contribution is -2.33. The minimum Gasteiger partial charge on any atom is -0.0620 e. The summed E-state index contributed by atoms with van der Waals surface area (Å²) in [5.41, 5.74) is 0. The molecule has 144 valence electrons. The fraction of sp³-hybridized carbons (Fsp3) is 0.333. The summed E-state index contributed by atoms with van der Waals surface area (Å²) in [5, 5.41) is 4.57. The first-order valence-electron chi connectivity index (χ1n) is 10.9. The summed E-state index contributed by atoms with van der Waals surface area (Å²) in [4.78, 5) is 0. The van der Waals surface area contributed by atoms with E-state index in [0.717, 1.165) is 5.92 Å². The maximum Gasteiger partial charge on any atom is 0.112 e. The van der Waals surface area contributed by atoms with E-state index in [0.29, 0.717) is 0 Å². The molecule has 0 atom stereocenters. The normalized spacial score (nSPS) is 15.4. The molecule has 1 heteroatoms. The van der Waals surface area contributed by atoms with Gasteiger partial charge in [0.15, 0.2) is 0 Å². The molecule has 0 nitrogen and oxygen atoms in total. The van der Waals surface area contributed by atoms with E-state index in [1.165, 1.54) is 67.0 Å². The Morgan fingerprint density at radius 1 is 0.571 bits per heavy atom. The van der Waals surface area contributed by atoms with E-state index in [1.807, 2.05) is 0 Å². The van der Waals surface area contributed by atoms with Crippen molar-refractivity contribution in [3.63, 3.8) is 0 Å². The molecule has 0 bridgehead atoms. The second-order valence-corrected chi connectivity index (χ2v) is 11.8. The van der Waals surface area contributed by atoms with Gasteiger partial charge in [-0.25, -0.2) is 0 Å². The highest BCUT2D eigenvalue weighted by molar-refractivity contribution is 7.95. The van der Waals surface area contributed by atoms with E-state index in [1.54, 1.807) is 0 Å². The van der Waals surface area contributed by atoms with Crippen LogP contribution in [-0.4, -0.2) is 6.16 Å². The molecule has 3 aromatic rings. The molecule has 0 unspecified atom stereocenters. The van der Waals surface area contributed by atoms with Crippen LogP contribution in [0.25, 0.3) is 0 Å². The highest BCUT2D eigenvalue weighted by Crippen LogP contribution is 2.56. The third-order valence-electron chi connectivity index (χ3n) is 6.42. The third-order valence-corrected chi connectivity index (χ3v) is 10.9. The molecule has 1 aliphatic rings. The van der Waals surface area contributed by atoms with Crippen LogP contribution in [0.15, 0.2) is 91.0 Å². The second-order valence-electron chi connectivity index (χ2n) is 8.19. The zero-order valence-corrected chi connectivity index (χ0v) is 17.7. The van der Waals surface area contributed by atoms with Gasteiger partial charge in [0.25, 0.3) is 0 Å². The molecule has 4 rings (SSSR count). The average molecular weight is 388 g/mol. The Bertz CT molecular complexity index is 723. The summed E-state index contributed by atoms with van der Waals surface area (Å²) in [5.74, 6) is 0.956. The number of benzene rings is 3. The van der Waals surface area contributed by atoms with Gasteiger partial charge in [-0.15, -0.1) is 0 Å². The van der Waals surface area contributed by atoms with Gasteiger partial charge >= 0.3 is 0 Å². The molecule has 1 fully saturated rings. The van der Waals surface area contributed by atoms with Gasteiger partial charge < -0.3 is 0 Å². The van der Waals surface area contributed by atoms with Gasteiger partial charge in [-0.05, 0) is 55.2 Å². The van der Waals surface area contributed by atoms with Gasteiger partial charge in [0.1, 0.15) is 23.2 Å². The molecule has 0 radical (unpaired) electrons. The fourth-order valence-electron chi connectivity index (χ4n) is 4.97. The minimum absolute atomic E-state index is 0.956. The summed E-state index contributed by atoms with van der Waals surface area (Å²) in [6.45, 7) is 0. The van der Waals surface area contributed by atoms with Gasteiger partial charge in [-0.1, -0.05) is 86.7 Å². The van der Waals surface area contributed by atoms with Crippen molar-refractivity contribution in [1.82, 2.24) is 0 Å². The third kappa shape index (κ3) is 4.23. The molecular weight excluding hydrogens is 355 g/mol. The number of rotatable bonds is 7. The SMILES string of the molecule is c1ccc([P+](CCCC2CCCCC2)(c2ccccc2)c2ccccc2)cc1. The molecular formula is C27H32P+. The van der Waals surface area contributed by atoms with Crippen LogP contribution in [0.3, 0.4) is 0 Å². The first kappa shape index (κ1) is 19.4. The van der Waals surface area contributed by atoms with Crippen molar-refractivity contribution in [3.05, 3.63) is 91.0 Å². The van der Waals surface area contributed by atoms with Crippen LogP contribution in [-0.2, 0) is 0 Å². The molecule has 3 aromatic carbocycles. The fourth-order valence-corrected chi connectivity index (χ4v) is 9.34. The molecule has 1 aliphatic carbocycles. The van der Waals surface area contributed by atoms with E-state index in [9.17, 15) is 0 Å². The zero-order chi connectivity index (χ0) is 19.1. The molecule has 0 spiro atoms. The largest absolute Gasteiger partial charge is 0.112 e. The Morgan fingerprint density at radius 2 is 1.00 bits per heavy atom. The van der Waals surface area contributed by atoms with Crippen molar-refractivity contribution in [3.8, 4) is 0 Å². The molecule has 0 N–H and O–H groups in total. The molecule has 0 amide bonds. The summed E-state index contributed by atoms with van der Waals surface area (Å²) < 4.78 is 0. The van der Waals surface area contributed by atoms with Crippen LogP contribution in [0.1, 0.15) is 44.9 Å². The Labute approximate surface area is 171 Å². The van der Waals surface area contributed by atoms with Gasteiger partial charge in [-0.3, -0.25) is 0 Å². The second kappa shape index (κ2) is 9.53. The van der Waals surface area contributed by atoms with Crippen LogP contribution in [0.2, 0.25) is 0 Å². The molecule has 0 aromatic heterocycles. The van der Waals surface area contributed by atoms with Gasteiger partial charge in [0.05, 0.1) is 6.16 Å².